The minimum Gasteiger partial charge on any atom is -0.464 e. The van der Waals surface area contributed by atoms with E-state index in [-0.39, 0.29) is 12.1 Å². The molecule has 2 atom stereocenters. The number of furan rings is 1. The molecule has 6 nitrogen and oxygen atoms in total. The van der Waals surface area contributed by atoms with Crippen molar-refractivity contribution in [1.82, 2.24) is 9.80 Å². The number of hydrogen-bond acceptors (Lipinski definition) is 6. The van der Waals surface area contributed by atoms with Crippen LogP contribution in [0.3, 0.4) is 0 Å². The Balaban J connectivity index is 1.57. The topological polar surface area (TPSA) is 58.3 Å². The van der Waals surface area contributed by atoms with E-state index in [0.717, 1.165) is 50.8 Å². The van der Waals surface area contributed by atoms with E-state index in [2.05, 4.69) is 16.7 Å². The number of morpholine rings is 2. The van der Waals surface area contributed by atoms with Gasteiger partial charge in [-0.25, -0.2) is 0 Å². The van der Waals surface area contributed by atoms with Crippen molar-refractivity contribution in [1.29, 1.82) is 0 Å². The van der Waals surface area contributed by atoms with Gasteiger partial charge in [0.05, 0.1) is 38.6 Å². The van der Waals surface area contributed by atoms with E-state index in [9.17, 15) is 5.11 Å². The van der Waals surface area contributed by atoms with Crippen LogP contribution < -0.4 is 0 Å². The van der Waals surface area contributed by atoms with Gasteiger partial charge in [0.1, 0.15) is 11.5 Å². The summed E-state index contributed by atoms with van der Waals surface area (Å²) in [6, 6.07) is 4.18. The first-order valence-electron chi connectivity index (χ1n) is 8.65. The molecule has 0 aliphatic carbocycles. The van der Waals surface area contributed by atoms with Gasteiger partial charge < -0.3 is 19.0 Å². The predicted molar refractivity (Wildman–Crippen MR) is 86.5 cm³/mol. The highest BCUT2D eigenvalue weighted by Crippen LogP contribution is 2.26. The van der Waals surface area contributed by atoms with Crippen LogP contribution >= 0.6 is 0 Å². The summed E-state index contributed by atoms with van der Waals surface area (Å²) in [6.07, 6.45) is 0.530. The van der Waals surface area contributed by atoms with E-state index >= 15 is 0 Å². The molecule has 2 aliphatic heterocycles. The molecule has 2 saturated heterocycles. The van der Waals surface area contributed by atoms with E-state index in [1.54, 1.807) is 0 Å². The van der Waals surface area contributed by atoms with Gasteiger partial charge in [0.2, 0.25) is 0 Å². The molecule has 3 rings (SSSR count). The minimum absolute atomic E-state index is 0.100. The summed E-state index contributed by atoms with van der Waals surface area (Å²) in [4.78, 5) is 4.55. The van der Waals surface area contributed by atoms with Gasteiger partial charge in [-0.1, -0.05) is 6.92 Å². The normalized spacial score (nSPS) is 25.6. The van der Waals surface area contributed by atoms with E-state index in [0.29, 0.717) is 26.3 Å². The molecular weight excluding hydrogens is 296 g/mol. The van der Waals surface area contributed by atoms with Gasteiger partial charge in [0.15, 0.2) is 0 Å². The molecule has 1 aromatic heterocycles. The van der Waals surface area contributed by atoms with Crippen LogP contribution in [0.15, 0.2) is 16.5 Å². The standard InChI is InChI=1S/C17H28N2O4/c1-2-15-3-4-17(23-15)16-13-22-10-7-19(16)12-14(20)11-18-5-8-21-9-6-18/h3-4,14,16,20H,2,5-13H2,1H3. The summed E-state index contributed by atoms with van der Waals surface area (Å²) < 4.78 is 16.9. The number of hydrogen-bond donors (Lipinski definition) is 1. The van der Waals surface area contributed by atoms with Crippen LogP contribution in [0.5, 0.6) is 0 Å². The third kappa shape index (κ3) is 4.55. The van der Waals surface area contributed by atoms with Crippen molar-refractivity contribution in [2.45, 2.75) is 25.5 Å². The quantitative estimate of drug-likeness (QED) is 0.839. The fraction of sp³-hybridized carbons (Fsp3) is 0.765. The maximum atomic E-state index is 10.5. The van der Waals surface area contributed by atoms with Crippen LogP contribution in [-0.4, -0.2) is 80.2 Å². The van der Waals surface area contributed by atoms with Crippen molar-refractivity contribution in [2.24, 2.45) is 0 Å². The van der Waals surface area contributed by atoms with Crippen LogP contribution in [0, 0.1) is 0 Å². The van der Waals surface area contributed by atoms with Crippen molar-refractivity contribution >= 4 is 0 Å². The molecule has 0 bridgehead atoms. The molecule has 130 valence electrons. The molecule has 23 heavy (non-hydrogen) atoms. The maximum Gasteiger partial charge on any atom is 0.123 e. The van der Waals surface area contributed by atoms with Crippen LogP contribution in [0.4, 0.5) is 0 Å². The molecule has 2 fully saturated rings. The first kappa shape index (κ1) is 16.9. The lowest BCUT2D eigenvalue weighted by molar-refractivity contribution is -0.0441. The molecular formula is C17H28N2O4. The number of nitrogens with zero attached hydrogens (tertiary/aromatic N) is 2. The second kappa shape index (κ2) is 8.26. The number of rotatable bonds is 6. The van der Waals surface area contributed by atoms with E-state index < -0.39 is 0 Å². The second-order valence-electron chi connectivity index (χ2n) is 6.31. The summed E-state index contributed by atoms with van der Waals surface area (Å²) in [5.41, 5.74) is 0. The SMILES string of the molecule is CCc1ccc(C2COCCN2CC(O)CN2CCOCC2)o1. The van der Waals surface area contributed by atoms with Crippen LogP contribution in [0.25, 0.3) is 0 Å². The van der Waals surface area contributed by atoms with Crippen molar-refractivity contribution in [3.8, 4) is 0 Å². The van der Waals surface area contributed by atoms with Crippen LogP contribution in [0.1, 0.15) is 24.5 Å². The molecule has 1 N–H and O–H groups in total. The zero-order valence-corrected chi connectivity index (χ0v) is 13.9. The van der Waals surface area contributed by atoms with Crippen LogP contribution in [0.2, 0.25) is 0 Å². The third-order valence-corrected chi connectivity index (χ3v) is 4.62. The Hall–Kier alpha value is -0.920. The molecule has 0 amide bonds. The number of β-amino-alcohol motifs (C(OH)–C–C–N with tert-alkyl or cyclic N) is 1. The van der Waals surface area contributed by atoms with Gasteiger partial charge in [-0.3, -0.25) is 9.80 Å². The zero-order chi connectivity index (χ0) is 16.1. The van der Waals surface area contributed by atoms with Crippen LogP contribution in [-0.2, 0) is 15.9 Å². The molecule has 2 aliphatic rings. The molecule has 3 heterocycles. The Morgan fingerprint density at radius 1 is 1.13 bits per heavy atom. The Labute approximate surface area is 137 Å². The summed E-state index contributed by atoms with van der Waals surface area (Å²) in [5.74, 6) is 1.94. The number of aliphatic hydroxyl groups excluding tert-OH is 1. The molecule has 0 aromatic carbocycles. The predicted octanol–water partition coefficient (Wildman–Crippen LogP) is 0.908. The third-order valence-electron chi connectivity index (χ3n) is 4.62. The van der Waals surface area contributed by atoms with Crippen molar-refractivity contribution in [3.63, 3.8) is 0 Å². The number of ether oxygens (including phenoxy) is 2. The minimum atomic E-state index is -0.366. The monoisotopic (exact) mass is 324 g/mol. The molecule has 6 heteroatoms. The highest BCUT2D eigenvalue weighted by Gasteiger charge is 2.29. The molecule has 0 saturated carbocycles. The summed E-state index contributed by atoms with van der Waals surface area (Å²) >= 11 is 0. The first-order valence-corrected chi connectivity index (χ1v) is 8.65. The molecule has 2 unspecified atom stereocenters. The summed E-state index contributed by atoms with van der Waals surface area (Å²) in [6.45, 7) is 8.93. The largest absolute Gasteiger partial charge is 0.464 e. The highest BCUT2D eigenvalue weighted by molar-refractivity contribution is 5.11. The van der Waals surface area contributed by atoms with Gasteiger partial charge in [-0.2, -0.15) is 0 Å². The van der Waals surface area contributed by atoms with Gasteiger partial charge in [-0.05, 0) is 12.1 Å². The highest BCUT2D eigenvalue weighted by atomic mass is 16.5. The van der Waals surface area contributed by atoms with Crippen molar-refractivity contribution in [3.05, 3.63) is 23.7 Å². The molecule has 0 spiro atoms. The number of aryl methyl sites for hydroxylation is 1. The molecule has 0 radical (unpaired) electrons. The number of aliphatic hydroxyl groups is 1. The summed E-state index contributed by atoms with van der Waals surface area (Å²) in [7, 11) is 0. The fourth-order valence-corrected chi connectivity index (χ4v) is 3.29. The Morgan fingerprint density at radius 3 is 2.65 bits per heavy atom. The zero-order valence-electron chi connectivity index (χ0n) is 13.9. The molecule has 1 aromatic rings. The van der Waals surface area contributed by atoms with Gasteiger partial charge in [-0.15, -0.1) is 0 Å². The summed E-state index contributed by atoms with van der Waals surface area (Å²) in [5, 5.41) is 10.5. The van der Waals surface area contributed by atoms with Gasteiger partial charge in [0.25, 0.3) is 0 Å². The second-order valence-corrected chi connectivity index (χ2v) is 6.31. The lowest BCUT2D eigenvalue weighted by atomic mass is 10.1. The average Bonchev–Trinajstić information content (AvgIpc) is 3.05. The van der Waals surface area contributed by atoms with E-state index in [4.69, 9.17) is 13.9 Å². The Kier molecular flexibility index (Phi) is 6.08. The Morgan fingerprint density at radius 2 is 1.91 bits per heavy atom. The van der Waals surface area contributed by atoms with E-state index in [1.807, 2.05) is 12.1 Å². The lowest BCUT2D eigenvalue weighted by Crippen LogP contribution is -2.48. The van der Waals surface area contributed by atoms with E-state index in [1.165, 1.54) is 0 Å². The first-order chi connectivity index (χ1) is 11.3. The maximum absolute atomic E-state index is 10.5. The lowest BCUT2D eigenvalue weighted by Gasteiger charge is -2.37. The smallest absolute Gasteiger partial charge is 0.123 e. The van der Waals surface area contributed by atoms with Crippen molar-refractivity contribution in [2.75, 3.05) is 59.2 Å². The van der Waals surface area contributed by atoms with Gasteiger partial charge >= 0.3 is 0 Å². The average molecular weight is 324 g/mol. The Bertz CT molecular complexity index is 473. The fourth-order valence-electron chi connectivity index (χ4n) is 3.29. The van der Waals surface area contributed by atoms with Gasteiger partial charge in [0, 0.05) is 39.1 Å². The van der Waals surface area contributed by atoms with Crippen molar-refractivity contribution < 1.29 is 19.0 Å².